The molecule has 1 heterocycles. The minimum Gasteiger partial charge on any atom is -0.300 e. The summed E-state index contributed by atoms with van der Waals surface area (Å²) in [6.45, 7) is 9.79. The Kier molecular flexibility index (Phi) is 2.44. The number of hydrogen-bond acceptors (Lipinski definition) is 3. The molecule has 2 amide bonds. The molecule has 0 unspecified atom stereocenters. The molecule has 0 spiro atoms. The molecule has 0 bridgehead atoms. The zero-order valence-corrected chi connectivity index (χ0v) is 11.0. The lowest BCUT2D eigenvalue weighted by Gasteiger charge is -2.28. The minimum absolute atomic E-state index is 0.328. The lowest BCUT2D eigenvalue weighted by atomic mass is 9.70. The Morgan fingerprint density at radius 1 is 0.933 bits per heavy atom. The number of rotatable bonds is 1. The Morgan fingerprint density at radius 2 is 1.20 bits per heavy atom. The van der Waals surface area contributed by atoms with Crippen molar-refractivity contribution in [3.63, 3.8) is 0 Å². The summed E-state index contributed by atoms with van der Waals surface area (Å²) in [5.41, 5.74) is -1.57. The zero-order valence-electron chi connectivity index (χ0n) is 10.1. The number of amides is 2. The van der Waals surface area contributed by atoms with Crippen molar-refractivity contribution >= 4 is 19.1 Å². The van der Waals surface area contributed by atoms with Crippen LogP contribution in [0.25, 0.3) is 0 Å². The van der Waals surface area contributed by atoms with Gasteiger partial charge in [0.05, 0.1) is 10.8 Å². The highest BCUT2D eigenvalue weighted by atomic mass is 31.2. The van der Waals surface area contributed by atoms with E-state index >= 15 is 0 Å². The maximum absolute atomic E-state index is 12.0. The average Bonchev–Trinajstić information content (AvgIpc) is 2.10. The van der Waals surface area contributed by atoms with Gasteiger partial charge in [0.15, 0.2) is 7.29 Å². The van der Waals surface area contributed by atoms with Crippen molar-refractivity contribution in [3.05, 3.63) is 0 Å². The minimum atomic E-state index is -2.85. The Balaban J connectivity index is 3.37. The molecular formula is C10H18NO3P. The SMILES string of the molecule is CC1(C)C(=O)N(P(C)(C)=O)C(=O)C1(C)C. The molecule has 5 heteroatoms. The summed E-state index contributed by atoms with van der Waals surface area (Å²) in [6.07, 6.45) is 0. The van der Waals surface area contributed by atoms with Crippen molar-refractivity contribution in [2.75, 3.05) is 13.3 Å². The predicted molar refractivity (Wildman–Crippen MR) is 58.9 cm³/mol. The second kappa shape index (κ2) is 2.94. The third-order valence-corrected chi connectivity index (χ3v) is 4.82. The monoisotopic (exact) mass is 231 g/mol. The van der Waals surface area contributed by atoms with Crippen molar-refractivity contribution in [1.82, 2.24) is 4.67 Å². The first-order chi connectivity index (χ1) is 6.44. The quantitative estimate of drug-likeness (QED) is 0.512. The summed E-state index contributed by atoms with van der Waals surface area (Å²) in [6, 6.07) is 0. The van der Waals surface area contributed by atoms with Crippen LogP contribution in [0.15, 0.2) is 0 Å². The van der Waals surface area contributed by atoms with Gasteiger partial charge in [0.1, 0.15) is 0 Å². The first kappa shape index (κ1) is 12.4. The molecule has 0 aromatic carbocycles. The highest BCUT2D eigenvalue weighted by Gasteiger charge is 2.61. The molecule has 15 heavy (non-hydrogen) atoms. The van der Waals surface area contributed by atoms with Gasteiger partial charge >= 0.3 is 0 Å². The van der Waals surface area contributed by atoms with Crippen LogP contribution in [-0.4, -0.2) is 29.8 Å². The van der Waals surface area contributed by atoms with E-state index in [1.165, 1.54) is 13.3 Å². The highest BCUT2D eigenvalue weighted by Crippen LogP contribution is 2.56. The largest absolute Gasteiger partial charge is 0.300 e. The van der Waals surface area contributed by atoms with E-state index in [2.05, 4.69) is 0 Å². The van der Waals surface area contributed by atoms with Gasteiger partial charge < -0.3 is 4.57 Å². The average molecular weight is 231 g/mol. The maximum Gasteiger partial charge on any atom is 0.241 e. The molecule has 1 aliphatic heterocycles. The molecule has 1 aliphatic rings. The molecule has 0 radical (unpaired) electrons. The van der Waals surface area contributed by atoms with Gasteiger partial charge in [-0.3, -0.25) is 9.59 Å². The lowest BCUT2D eigenvalue weighted by Crippen LogP contribution is -2.35. The normalized spacial score (nSPS) is 24.8. The van der Waals surface area contributed by atoms with E-state index in [4.69, 9.17) is 0 Å². The fourth-order valence-electron chi connectivity index (χ4n) is 1.59. The number of carbonyl (C=O) groups excluding carboxylic acids is 2. The van der Waals surface area contributed by atoms with Crippen LogP contribution in [0.4, 0.5) is 0 Å². The van der Waals surface area contributed by atoms with Gasteiger partial charge in [-0.15, -0.1) is 0 Å². The molecule has 0 aromatic rings. The molecule has 1 rings (SSSR count). The van der Waals surface area contributed by atoms with E-state index in [1.54, 1.807) is 27.7 Å². The van der Waals surface area contributed by atoms with Gasteiger partial charge in [-0.1, -0.05) is 0 Å². The van der Waals surface area contributed by atoms with Crippen LogP contribution in [0.3, 0.4) is 0 Å². The molecule has 4 nitrogen and oxygen atoms in total. The molecule has 86 valence electrons. The van der Waals surface area contributed by atoms with E-state index in [0.29, 0.717) is 0 Å². The summed E-state index contributed by atoms with van der Waals surface area (Å²) < 4.78 is 12.9. The second-order valence-corrected chi connectivity index (χ2v) is 8.45. The van der Waals surface area contributed by atoms with Gasteiger partial charge in [-0.25, -0.2) is 4.67 Å². The van der Waals surface area contributed by atoms with Crippen LogP contribution in [0.1, 0.15) is 27.7 Å². The van der Waals surface area contributed by atoms with Crippen molar-refractivity contribution < 1.29 is 14.2 Å². The molecular weight excluding hydrogens is 213 g/mol. The van der Waals surface area contributed by atoms with Crippen LogP contribution in [-0.2, 0) is 14.2 Å². The topological polar surface area (TPSA) is 54.5 Å². The summed E-state index contributed by atoms with van der Waals surface area (Å²) in [5, 5.41) is 0. The van der Waals surface area contributed by atoms with E-state index in [1.807, 2.05) is 0 Å². The zero-order chi connectivity index (χ0) is 12.2. The molecule has 0 atom stereocenters. The van der Waals surface area contributed by atoms with Crippen molar-refractivity contribution in [1.29, 1.82) is 0 Å². The number of imide groups is 1. The van der Waals surface area contributed by atoms with Crippen molar-refractivity contribution in [3.8, 4) is 0 Å². The fraction of sp³-hybridized carbons (Fsp3) is 0.800. The first-order valence-corrected chi connectivity index (χ1v) is 7.44. The number of nitrogens with zero attached hydrogens (tertiary/aromatic N) is 1. The van der Waals surface area contributed by atoms with Crippen LogP contribution in [0.5, 0.6) is 0 Å². The van der Waals surface area contributed by atoms with Gasteiger partial charge in [0, 0.05) is 13.3 Å². The third-order valence-electron chi connectivity index (χ3n) is 3.50. The van der Waals surface area contributed by atoms with Gasteiger partial charge in [0.25, 0.3) is 0 Å². The number of hydrogen-bond donors (Lipinski definition) is 0. The molecule has 0 N–H and O–H groups in total. The Morgan fingerprint density at radius 3 is 1.33 bits per heavy atom. The van der Waals surface area contributed by atoms with Crippen molar-refractivity contribution in [2.45, 2.75) is 27.7 Å². The predicted octanol–water partition coefficient (Wildman–Crippen LogP) is 1.95. The van der Waals surface area contributed by atoms with E-state index in [0.717, 1.165) is 4.67 Å². The Labute approximate surface area is 90.4 Å². The van der Waals surface area contributed by atoms with Crippen LogP contribution < -0.4 is 0 Å². The van der Waals surface area contributed by atoms with Crippen LogP contribution in [0, 0.1) is 10.8 Å². The van der Waals surface area contributed by atoms with Gasteiger partial charge in [-0.2, -0.15) is 0 Å². The lowest BCUT2D eigenvalue weighted by molar-refractivity contribution is -0.135. The number of carbonyl (C=O) groups is 2. The molecule has 0 saturated carbocycles. The fourth-order valence-corrected chi connectivity index (χ4v) is 2.97. The molecule has 1 fully saturated rings. The molecule has 1 saturated heterocycles. The van der Waals surface area contributed by atoms with Gasteiger partial charge in [0.2, 0.25) is 11.8 Å². The Bertz CT molecular complexity index is 352. The van der Waals surface area contributed by atoms with E-state index in [9.17, 15) is 14.2 Å². The standard InChI is InChI=1S/C10H18NO3P/c1-9(2)7(12)11(15(5,6)14)8(13)10(9,3)4/h1-6H3. The van der Waals surface area contributed by atoms with E-state index < -0.39 is 18.1 Å². The van der Waals surface area contributed by atoms with Crippen LogP contribution in [0.2, 0.25) is 0 Å². The van der Waals surface area contributed by atoms with Crippen LogP contribution >= 0.6 is 7.29 Å². The third kappa shape index (κ3) is 1.46. The summed E-state index contributed by atoms with van der Waals surface area (Å²) >= 11 is 0. The van der Waals surface area contributed by atoms with Crippen molar-refractivity contribution in [2.24, 2.45) is 10.8 Å². The maximum atomic E-state index is 12.0. The molecule has 0 aromatic heterocycles. The summed E-state index contributed by atoms with van der Waals surface area (Å²) in [5.74, 6) is -0.656. The smallest absolute Gasteiger partial charge is 0.241 e. The summed E-state index contributed by atoms with van der Waals surface area (Å²) in [4.78, 5) is 24.1. The summed E-state index contributed by atoms with van der Waals surface area (Å²) in [7, 11) is -2.85. The van der Waals surface area contributed by atoms with E-state index in [-0.39, 0.29) is 11.8 Å². The second-order valence-electron chi connectivity index (χ2n) is 5.47. The first-order valence-electron chi connectivity index (χ1n) is 4.88. The molecule has 0 aliphatic carbocycles. The highest BCUT2D eigenvalue weighted by molar-refractivity contribution is 7.61. The Hall–Kier alpha value is -0.630. The van der Waals surface area contributed by atoms with Gasteiger partial charge in [-0.05, 0) is 27.7 Å².